The summed E-state index contributed by atoms with van der Waals surface area (Å²) in [6, 6.07) is 6.88. The van der Waals surface area contributed by atoms with Gasteiger partial charge in [-0.25, -0.2) is 8.78 Å². The molecule has 0 bridgehead atoms. The molecule has 0 saturated carbocycles. The van der Waals surface area contributed by atoms with Crippen molar-refractivity contribution in [1.82, 2.24) is 4.98 Å². The molecule has 3 nitrogen and oxygen atoms in total. The molecule has 2 aromatic rings. The quantitative estimate of drug-likeness (QED) is 0.844. The number of carbonyl (C=O) groups is 1. The summed E-state index contributed by atoms with van der Waals surface area (Å²) in [5, 5.41) is 2.21. The van der Waals surface area contributed by atoms with Gasteiger partial charge < -0.3 is 10.3 Å². The van der Waals surface area contributed by atoms with E-state index >= 15 is 0 Å². The van der Waals surface area contributed by atoms with Crippen LogP contribution in [0, 0.1) is 11.6 Å². The Morgan fingerprint density at radius 2 is 1.88 bits per heavy atom. The van der Waals surface area contributed by atoms with Gasteiger partial charge in [-0.15, -0.1) is 0 Å². The topological polar surface area (TPSA) is 44.9 Å². The van der Waals surface area contributed by atoms with Crippen molar-refractivity contribution >= 4 is 11.6 Å². The monoisotopic (exact) mass is 236 g/mol. The average molecular weight is 236 g/mol. The molecule has 2 rings (SSSR count). The number of amides is 1. The third kappa shape index (κ3) is 2.69. The van der Waals surface area contributed by atoms with Crippen LogP contribution < -0.4 is 5.32 Å². The van der Waals surface area contributed by atoms with E-state index in [-0.39, 0.29) is 6.42 Å². The van der Waals surface area contributed by atoms with Crippen LogP contribution in [-0.2, 0) is 11.2 Å². The number of anilines is 1. The molecule has 5 heteroatoms. The van der Waals surface area contributed by atoms with Gasteiger partial charge in [0.2, 0.25) is 5.91 Å². The molecular formula is C12H10F2N2O. The number of para-hydroxylation sites is 1. The molecule has 1 aromatic heterocycles. The molecule has 0 spiro atoms. The van der Waals surface area contributed by atoms with Gasteiger partial charge in [0.05, 0.1) is 6.42 Å². The van der Waals surface area contributed by atoms with E-state index in [1.165, 1.54) is 6.07 Å². The molecule has 0 aliphatic rings. The van der Waals surface area contributed by atoms with Crippen LogP contribution in [0.15, 0.2) is 36.5 Å². The van der Waals surface area contributed by atoms with Gasteiger partial charge >= 0.3 is 0 Å². The molecule has 17 heavy (non-hydrogen) atoms. The van der Waals surface area contributed by atoms with Gasteiger partial charge in [0, 0.05) is 11.9 Å². The van der Waals surface area contributed by atoms with E-state index in [2.05, 4.69) is 10.3 Å². The second kappa shape index (κ2) is 4.78. The summed E-state index contributed by atoms with van der Waals surface area (Å²) in [6.45, 7) is 0. The lowest BCUT2D eigenvalue weighted by molar-refractivity contribution is -0.115. The molecule has 0 fully saturated rings. The van der Waals surface area contributed by atoms with Crippen molar-refractivity contribution in [2.75, 3.05) is 5.32 Å². The lowest BCUT2D eigenvalue weighted by Crippen LogP contribution is -2.16. The van der Waals surface area contributed by atoms with Crippen molar-refractivity contribution < 1.29 is 13.6 Å². The summed E-state index contributed by atoms with van der Waals surface area (Å²) in [4.78, 5) is 14.4. The van der Waals surface area contributed by atoms with Gasteiger partial charge in [0.15, 0.2) is 0 Å². The first kappa shape index (κ1) is 11.3. The first-order valence-corrected chi connectivity index (χ1v) is 5.03. The van der Waals surface area contributed by atoms with Crippen molar-refractivity contribution in [3.8, 4) is 0 Å². The Labute approximate surface area is 96.5 Å². The molecule has 2 N–H and O–H groups in total. The standard InChI is InChI=1S/C12H10F2N2O/c13-9-4-1-5-10(14)12(9)16-11(17)7-8-3-2-6-15-8/h1-6,15H,7H2,(H,16,17). The smallest absolute Gasteiger partial charge is 0.230 e. The van der Waals surface area contributed by atoms with Crippen LogP contribution in [0.2, 0.25) is 0 Å². The molecule has 1 aromatic carbocycles. The number of hydrogen-bond acceptors (Lipinski definition) is 1. The number of rotatable bonds is 3. The number of nitrogens with one attached hydrogen (secondary N) is 2. The molecule has 0 unspecified atom stereocenters. The second-order valence-corrected chi connectivity index (χ2v) is 3.52. The molecule has 1 heterocycles. The first-order chi connectivity index (χ1) is 8.16. The molecule has 0 aliphatic heterocycles. The van der Waals surface area contributed by atoms with Crippen LogP contribution in [0.4, 0.5) is 14.5 Å². The summed E-state index contributed by atoms with van der Waals surface area (Å²) < 4.78 is 26.5. The van der Waals surface area contributed by atoms with Crippen LogP contribution in [-0.4, -0.2) is 10.9 Å². The van der Waals surface area contributed by atoms with E-state index in [0.29, 0.717) is 5.69 Å². The molecule has 0 aliphatic carbocycles. The average Bonchev–Trinajstić information content (AvgIpc) is 2.76. The Morgan fingerprint density at radius 1 is 1.18 bits per heavy atom. The zero-order valence-electron chi connectivity index (χ0n) is 8.84. The lowest BCUT2D eigenvalue weighted by Gasteiger charge is -2.06. The maximum absolute atomic E-state index is 13.2. The van der Waals surface area contributed by atoms with E-state index < -0.39 is 23.2 Å². The molecule has 1 amide bonds. The van der Waals surface area contributed by atoms with Crippen LogP contribution in [0.25, 0.3) is 0 Å². The predicted molar refractivity (Wildman–Crippen MR) is 59.5 cm³/mol. The SMILES string of the molecule is O=C(Cc1ccc[nH]1)Nc1c(F)cccc1F. The number of carbonyl (C=O) groups excluding carboxylic acids is 1. The summed E-state index contributed by atoms with van der Waals surface area (Å²) in [7, 11) is 0. The van der Waals surface area contributed by atoms with E-state index in [9.17, 15) is 13.6 Å². The lowest BCUT2D eigenvalue weighted by atomic mass is 10.2. The highest BCUT2D eigenvalue weighted by atomic mass is 19.1. The first-order valence-electron chi connectivity index (χ1n) is 5.03. The Balaban J connectivity index is 2.08. The predicted octanol–water partition coefficient (Wildman–Crippen LogP) is 2.47. The third-order valence-electron chi connectivity index (χ3n) is 2.24. The Hall–Kier alpha value is -2.17. The van der Waals surface area contributed by atoms with Crippen LogP contribution >= 0.6 is 0 Å². The molecule has 88 valence electrons. The number of aromatic nitrogens is 1. The number of aromatic amines is 1. The third-order valence-corrected chi connectivity index (χ3v) is 2.24. The van der Waals surface area contributed by atoms with Crippen molar-refractivity contribution in [1.29, 1.82) is 0 Å². The molecule has 0 atom stereocenters. The highest BCUT2D eigenvalue weighted by Crippen LogP contribution is 2.18. The number of halogens is 2. The largest absolute Gasteiger partial charge is 0.365 e. The molecule has 0 saturated heterocycles. The van der Waals surface area contributed by atoms with Crippen LogP contribution in [0.1, 0.15) is 5.69 Å². The van der Waals surface area contributed by atoms with Gasteiger partial charge in [0.25, 0.3) is 0 Å². The maximum atomic E-state index is 13.2. The maximum Gasteiger partial charge on any atom is 0.230 e. The zero-order chi connectivity index (χ0) is 12.3. The van der Waals surface area contributed by atoms with E-state index in [1.54, 1.807) is 18.3 Å². The van der Waals surface area contributed by atoms with Crippen molar-refractivity contribution in [2.45, 2.75) is 6.42 Å². The minimum absolute atomic E-state index is 0.0424. The Morgan fingerprint density at radius 3 is 2.47 bits per heavy atom. The van der Waals surface area contributed by atoms with Gasteiger partial charge in [-0.1, -0.05) is 6.07 Å². The fourth-order valence-electron chi connectivity index (χ4n) is 1.45. The van der Waals surface area contributed by atoms with Gasteiger partial charge in [-0.05, 0) is 24.3 Å². The molecule has 0 radical (unpaired) electrons. The highest BCUT2D eigenvalue weighted by molar-refractivity contribution is 5.92. The summed E-state index contributed by atoms with van der Waals surface area (Å²) in [5.74, 6) is -2.05. The molecular weight excluding hydrogens is 226 g/mol. The fraction of sp³-hybridized carbons (Fsp3) is 0.0833. The van der Waals surface area contributed by atoms with Gasteiger partial charge in [-0.3, -0.25) is 4.79 Å². The van der Waals surface area contributed by atoms with E-state index in [1.807, 2.05) is 0 Å². The number of benzene rings is 1. The van der Waals surface area contributed by atoms with E-state index in [0.717, 1.165) is 12.1 Å². The highest BCUT2D eigenvalue weighted by Gasteiger charge is 2.12. The van der Waals surface area contributed by atoms with Crippen LogP contribution in [0.5, 0.6) is 0 Å². The van der Waals surface area contributed by atoms with Gasteiger partial charge in [0.1, 0.15) is 17.3 Å². The summed E-state index contributed by atoms with van der Waals surface area (Å²) in [5.41, 5.74) is 0.267. The number of hydrogen-bond donors (Lipinski definition) is 2. The number of H-pyrrole nitrogens is 1. The fourth-order valence-corrected chi connectivity index (χ4v) is 1.45. The normalized spacial score (nSPS) is 10.2. The summed E-state index contributed by atoms with van der Waals surface area (Å²) >= 11 is 0. The Kier molecular flexibility index (Phi) is 3.18. The summed E-state index contributed by atoms with van der Waals surface area (Å²) in [6.07, 6.45) is 1.72. The Bertz CT molecular complexity index is 503. The van der Waals surface area contributed by atoms with E-state index in [4.69, 9.17) is 0 Å². The van der Waals surface area contributed by atoms with Gasteiger partial charge in [-0.2, -0.15) is 0 Å². The van der Waals surface area contributed by atoms with Crippen molar-refractivity contribution in [3.05, 3.63) is 53.9 Å². The van der Waals surface area contributed by atoms with Crippen LogP contribution in [0.3, 0.4) is 0 Å². The minimum Gasteiger partial charge on any atom is -0.365 e. The minimum atomic E-state index is -0.787. The van der Waals surface area contributed by atoms with Crippen molar-refractivity contribution in [3.63, 3.8) is 0 Å². The zero-order valence-corrected chi connectivity index (χ0v) is 8.84. The van der Waals surface area contributed by atoms with Crippen molar-refractivity contribution in [2.24, 2.45) is 0 Å². The second-order valence-electron chi connectivity index (χ2n) is 3.52.